The summed E-state index contributed by atoms with van der Waals surface area (Å²) < 4.78 is 40.1. The molecular weight excluding hydrogens is 837 g/mol. The Bertz CT molecular complexity index is 2690. The molecule has 3 saturated heterocycles. The smallest absolute Gasteiger partial charge is 0.284 e. The van der Waals surface area contributed by atoms with Crippen LogP contribution in [0.3, 0.4) is 0 Å². The number of fused-ring (bicyclic) bond motifs is 4. The number of piperidine rings is 3. The number of benzene rings is 1. The Morgan fingerprint density at radius 3 is 2.55 bits per heavy atom. The molecule has 4 aliphatic rings. The number of alkyl halides is 2. The van der Waals surface area contributed by atoms with Crippen LogP contribution in [0.25, 0.3) is 27.6 Å². The average Bonchev–Trinajstić information content (AvgIpc) is 4.03. The average molecular weight is 892 g/mol. The van der Waals surface area contributed by atoms with Gasteiger partial charge in [0.15, 0.2) is 11.3 Å². The van der Waals surface area contributed by atoms with Crippen LogP contribution in [0.15, 0.2) is 61.2 Å². The number of amides is 3. The molecule has 65 heavy (non-hydrogen) atoms. The van der Waals surface area contributed by atoms with E-state index in [4.69, 9.17) is 4.74 Å². The van der Waals surface area contributed by atoms with Gasteiger partial charge in [-0.2, -0.15) is 10.2 Å². The van der Waals surface area contributed by atoms with Crippen molar-refractivity contribution in [1.82, 2.24) is 44.1 Å². The van der Waals surface area contributed by atoms with Crippen LogP contribution < -0.4 is 15.5 Å². The van der Waals surface area contributed by atoms with Gasteiger partial charge in [0.05, 0.1) is 35.7 Å². The van der Waals surface area contributed by atoms with E-state index in [0.29, 0.717) is 62.8 Å². The lowest BCUT2D eigenvalue weighted by molar-refractivity contribution is -0.135. The number of nitrogens with one attached hydrogen (secondary N) is 2. The predicted molar refractivity (Wildman–Crippen MR) is 239 cm³/mol. The summed E-state index contributed by atoms with van der Waals surface area (Å²) in [4.78, 5) is 52.3. The molecule has 0 radical (unpaired) electrons. The van der Waals surface area contributed by atoms with E-state index in [0.717, 1.165) is 92.9 Å². The monoisotopic (exact) mass is 891 g/mol. The van der Waals surface area contributed by atoms with E-state index in [9.17, 15) is 28.3 Å². The number of aliphatic hydroxyl groups is 1. The second kappa shape index (κ2) is 18.6. The molecular formula is C47H55F2N11O5. The van der Waals surface area contributed by atoms with Gasteiger partial charge < -0.3 is 29.5 Å². The number of imide groups is 1. The third-order valence-corrected chi connectivity index (χ3v) is 14.0. The van der Waals surface area contributed by atoms with Crippen molar-refractivity contribution in [2.24, 2.45) is 5.92 Å². The van der Waals surface area contributed by atoms with E-state index in [1.807, 2.05) is 33.7 Å². The minimum absolute atomic E-state index is 0.0111. The standard InChI is InChI=1S/C47H55F2N11O5/c48-43(49)42-36(52-46(63)35-26-51-58-24-18-39(53-45(35)58)57-22-14-32(61)15-23-57)28-59(55-42)31-10-8-29(9-11-31)27-56-20-16-33(17-21-56)65-25-3-5-30-4-1-7-37-41(30)34-6-2-19-50-44(34)60(37)38-12-13-40(62)54-47(38)64/h1-2,4,6-7,18-19,24,26,28-29,31-33,38,43,61H,3,5,8-17,20-23,25,27H2,(H,52,63)(H,54,62,64). The highest BCUT2D eigenvalue weighted by atomic mass is 19.3. The maximum absolute atomic E-state index is 14.3. The van der Waals surface area contributed by atoms with Crippen molar-refractivity contribution in [2.45, 2.75) is 108 Å². The van der Waals surface area contributed by atoms with E-state index in [1.54, 1.807) is 23.3 Å². The van der Waals surface area contributed by atoms with Gasteiger partial charge in [-0.3, -0.25) is 24.4 Å². The van der Waals surface area contributed by atoms with Crippen LogP contribution in [0.5, 0.6) is 0 Å². The lowest BCUT2D eigenvalue weighted by atomic mass is 9.85. The number of anilines is 2. The van der Waals surface area contributed by atoms with Crippen LogP contribution in [0.1, 0.15) is 111 Å². The first-order valence-electron chi connectivity index (χ1n) is 23.2. The second-order valence-corrected chi connectivity index (χ2v) is 18.2. The van der Waals surface area contributed by atoms with Crippen molar-refractivity contribution >= 4 is 56.8 Å². The summed E-state index contributed by atoms with van der Waals surface area (Å²) in [7, 11) is 0. The van der Waals surface area contributed by atoms with Crippen molar-refractivity contribution in [2.75, 3.05) is 49.5 Å². The molecule has 8 heterocycles. The fraction of sp³-hybridized carbons (Fsp3) is 0.511. The number of hydrogen-bond donors (Lipinski definition) is 3. The number of aromatic nitrogens is 7. The minimum atomic E-state index is -2.86. The zero-order chi connectivity index (χ0) is 44.6. The van der Waals surface area contributed by atoms with Crippen LogP contribution in [0, 0.1) is 5.92 Å². The van der Waals surface area contributed by atoms with Crippen molar-refractivity contribution in [3.8, 4) is 0 Å². The molecule has 4 fully saturated rings. The Hall–Kier alpha value is -5.85. The quantitative estimate of drug-likeness (QED) is 0.0864. The van der Waals surface area contributed by atoms with Gasteiger partial charge in [-0.05, 0) is 106 Å². The van der Waals surface area contributed by atoms with Gasteiger partial charge >= 0.3 is 0 Å². The lowest BCUT2D eigenvalue weighted by Gasteiger charge is -2.36. The predicted octanol–water partition coefficient (Wildman–Crippen LogP) is 6.40. The largest absolute Gasteiger partial charge is 0.393 e. The fourth-order valence-corrected chi connectivity index (χ4v) is 10.5. The number of nitrogens with zero attached hydrogens (tertiary/aromatic N) is 9. The highest BCUT2D eigenvalue weighted by Gasteiger charge is 2.33. The second-order valence-electron chi connectivity index (χ2n) is 18.2. The summed E-state index contributed by atoms with van der Waals surface area (Å²) in [5.74, 6) is 0.0680. The Morgan fingerprint density at radius 1 is 0.954 bits per heavy atom. The first-order chi connectivity index (χ1) is 31.7. The number of hydrogen-bond acceptors (Lipinski definition) is 11. The van der Waals surface area contributed by atoms with E-state index in [-0.39, 0.29) is 41.3 Å². The molecule has 1 aromatic carbocycles. The molecule has 3 N–H and O–H groups in total. The number of halogens is 2. The number of carbonyl (C=O) groups excluding carboxylic acids is 3. The third-order valence-electron chi connectivity index (χ3n) is 14.0. The van der Waals surface area contributed by atoms with Gasteiger partial charge in [-0.15, -0.1) is 0 Å². The summed E-state index contributed by atoms with van der Waals surface area (Å²) in [5.41, 5.74) is 2.93. The number of ether oxygens (including phenoxy) is 1. The molecule has 1 aliphatic carbocycles. The number of likely N-dealkylation sites (tertiary alicyclic amines) is 1. The molecule has 5 aromatic heterocycles. The normalized spacial score (nSPS) is 21.8. The van der Waals surface area contributed by atoms with Gasteiger partial charge in [0.1, 0.15) is 23.1 Å². The van der Waals surface area contributed by atoms with Crippen LogP contribution in [0.4, 0.5) is 20.3 Å². The highest BCUT2D eigenvalue weighted by Crippen LogP contribution is 2.38. The first-order valence-corrected chi connectivity index (χ1v) is 23.2. The van der Waals surface area contributed by atoms with E-state index >= 15 is 0 Å². The van der Waals surface area contributed by atoms with Gasteiger partial charge in [0, 0.05) is 75.1 Å². The molecule has 16 nitrogen and oxygen atoms in total. The number of carbonyl (C=O) groups is 3. The van der Waals surface area contributed by atoms with E-state index in [1.165, 1.54) is 16.3 Å². The van der Waals surface area contributed by atoms with Gasteiger partial charge in [0.2, 0.25) is 11.8 Å². The maximum atomic E-state index is 14.3. The zero-order valence-electron chi connectivity index (χ0n) is 36.3. The Balaban J connectivity index is 0.689. The summed E-state index contributed by atoms with van der Waals surface area (Å²) in [5, 5.41) is 25.8. The molecule has 1 unspecified atom stereocenters. The lowest BCUT2D eigenvalue weighted by Crippen LogP contribution is -2.41. The maximum Gasteiger partial charge on any atom is 0.284 e. The summed E-state index contributed by atoms with van der Waals surface area (Å²) in [6.45, 7) is 4.89. The summed E-state index contributed by atoms with van der Waals surface area (Å²) in [6.07, 6.45) is 12.6. The molecule has 3 aliphatic heterocycles. The van der Waals surface area contributed by atoms with Gasteiger partial charge in [0.25, 0.3) is 12.3 Å². The SMILES string of the molecule is O=C1CCC(n2c3cccc(CCCOC4CCN(CC5CCC(n6cc(NC(=O)c7cnn8ccc(N9CCC(O)CC9)nc78)c(C(F)F)n6)CC5)CC4)c3c3cccnc32)C(=O)N1. The molecule has 1 atom stereocenters. The molecule has 18 heteroatoms. The molecule has 0 spiro atoms. The van der Waals surface area contributed by atoms with Gasteiger partial charge in [-0.1, -0.05) is 12.1 Å². The molecule has 342 valence electrons. The number of rotatable bonds is 13. The highest BCUT2D eigenvalue weighted by molar-refractivity contribution is 6.10. The molecule has 6 aromatic rings. The van der Waals surface area contributed by atoms with Gasteiger partial charge in [-0.25, -0.2) is 23.3 Å². The van der Waals surface area contributed by atoms with E-state index in [2.05, 4.69) is 47.8 Å². The first kappa shape index (κ1) is 43.1. The minimum Gasteiger partial charge on any atom is -0.393 e. The topological polar surface area (TPSA) is 177 Å². The summed E-state index contributed by atoms with van der Waals surface area (Å²) in [6, 6.07) is 11.5. The van der Waals surface area contributed by atoms with Crippen molar-refractivity contribution in [3.05, 3.63) is 78.0 Å². The van der Waals surface area contributed by atoms with Crippen LogP contribution in [-0.4, -0.2) is 113 Å². The van der Waals surface area contributed by atoms with E-state index < -0.39 is 24.1 Å². The van der Waals surface area contributed by atoms with Crippen molar-refractivity contribution in [1.29, 1.82) is 0 Å². The molecule has 10 rings (SSSR count). The molecule has 0 bridgehead atoms. The number of aryl methyl sites for hydroxylation is 1. The Morgan fingerprint density at radius 2 is 1.77 bits per heavy atom. The molecule has 3 amide bonds. The molecule has 1 saturated carbocycles. The van der Waals surface area contributed by atoms with Crippen LogP contribution in [-0.2, 0) is 20.7 Å². The van der Waals surface area contributed by atoms with Crippen molar-refractivity contribution in [3.63, 3.8) is 0 Å². The Kier molecular flexibility index (Phi) is 12.3. The summed E-state index contributed by atoms with van der Waals surface area (Å²) >= 11 is 0. The van der Waals surface area contributed by atoms with Crippen LogP contribution in [0.2, 0.25) is 0 Å². The fourth-order valence-electron chi connectivity index (χ4n) is 10.5. The Labute approximate surface area is 374 Å². The van der Waals surface area contributed by atoms with Crippen LogP contribution >= 0.6 is 0 Å². The van der Waals surface area contributed by atoms with Crippen molar-refractivity contribution < 1.29 is 33.0 Å². The number of aliphatic hydroxyl groups excluding tert-OH is 1. The number of pyridine rings is 1. The zero-order valence-corrected chi connectivity index (χ0v) is 36.3. The third kappa shape index (κ3) is 8.95.